The summed E-state index contributed by atoms with van der Waals surface area (Å²) in [6.45, 7) is 6.06. The number of nitrogens with zero attached hydrogens (tertiary/aromatic N) is 1. The van der Waals surface area contributed by atoms with Crippen LogP contribution in [0, 0.1) is 11.3 Å². The number of carbonyl (C=O) groups excluding carboxylic acids is 2. The van der Waals surface area contributed by atoms with Crippen LogP contribution < -0.4 is 11.1 Å². The summed E-state index contributed by atoms with van der Waals surface area (Å²) in [6, 6.07) is -0.0751. The molecule has 2 rings (SSSR count). The van der Waals surface area contributed by atoms with Crippen LogP contribution in [0.4, 0.5) is 0 Å². The van der Waals surface area contributed by atoms with Crippen molar-refractivity contribution >= 4 is 11.8 Å². The Labute approximate surface area is 114 Å². The molecule has 2 saturated heterocycles. The van der Waals surface area contributed by atoms with Crippen LogP contribution in [0.1, 0.15) is 39.5 Å². The summed E-state index contributed by atoms with van der Waals surface area (Å²) in [6.07, 6.45) is 3.88. The molecule has 108 valence electrons. The van der Waals surface area contributed by atoms with Crippen molar-refractivity contribution in [2.75, 3.05) is 19.6 Å². The van der Waals surface area contributed by atoms with Gasteiger partial charge in [-0.15, -0.1) is 0 Å². The maximum absolute atomic E-state index is 12.5. The second-order valence-corrected chi connectivity index (χ2v) is 6.24. The molecule has 3 unspecified atom stereocenters. The number of amides is 2. The molecule has 2 aliphatic heterocycles. The molecule has 5 heteroatoms. The first-order chi connectivity index (χ1) is 8.96. The quantitative estimate of drug-likeness (QED) is 0.781. The Kier molecular flexibility index (Phi) is 4.13. The number of piperidine rings is 1. The number of likely N-dealkylation sites (tertiary alicyclic amines) is 1. The summed E-state index contributed by atoms with van der Waals surface area (Å²) in [5, 5.41) is 3.31. The molecule has 0 radical (unpaired) electrons. The number of rotatable bonds is 3. The molecule has 0 aromatic rings. The minimum absolute atomic E-state index is 0.0751. The van der Waals surface area contributed by atoms with Gasteiger partial charge in [-0.05, 0) is 38.6 Å². The standard InChI is InChI=1S/C14H25N3O2/c1-3-10-4-6-16-11(8-10)12(18)17-7-5-14(2,9-17)13(15)19/h10-11,16H,3-9H2,1-2H3,(H2,15,19). The third kappa shape index (κ3) is 2.91. The molecule has 19 heavy (non-hydrogen) atoms. The van der Waals surface area contributed by atoms with Crippen molar-refractivity contribution in [2.24, 2.45) is 17.1 Å². The van der Waals surface area contributed by atoms with Crippen LogP contribution in [0.2, 0.25) is 0 Å². The highest BCUT2D eigenvalue weighted by atomic mass is 16.2. The van der Waals surface area contributed by atoms with Gasteiger partial charge in [-0.1, -0.05) is 13.3 Å². The van der Waals surface area contributed by atoms with Gasteiger partial charge in [-0.3, -0.25) is 9.59 Å². The predicted molar refractivity (Wildman–Crippen MR) is 73.3 cm³/mol. The van der Waals surface area contributed by atoms with E-state index in [9.17, 15) is 9.59 Å². The fourth-order valence-electron chi connectivity index (χ4n) is 3.13. The van der Waals surface area contributed by atoms with E-state index >= 15 is 0 Å². The maximum atomic E-state index is 12.5. The Hall–Kier alpha value is -1.10. The largest absolute Gasteiger partial charge is 0.369 e. The summed E-state index contributed by atoms with van der Waals surface area (Å²) < 4.78 is 0. The monoisotopic (exact) mass is 267 g/mol. The molecule has 3 atom stereocenters. The average Bonchev–Trinajstić information content (AvgIpc) is 2.82. The van der Waals surface area contributed by atoms with Crippen molar-refractivity contribution < 1.29 is 9.59 Å². The van der Waals surface area contributed by atoms with Gasteiger partial charge in [0.05, 0.1) is 11.5 Å². The van der Waals surface area contributed by atoms with E-state index in [1.807, 2.05) is 6.92 Å². The molecular formula is C14H25N3O2. The molecular weight excluding hydrogens is 242 g/mol. The molecule has 3 N–H and O–H groups in total. The lowest BCUT2D eigenvalue weighted by atomic mass is 9.89. The third-order valence-corrected chi connectivity index (χ3v) is 4.77. The van der Waals surface area contributed by atoms with E-state index in [-0.39, 0.29) is 17.9 Å². The van der Waals surface area contributed by atoms with Gasteiger partial charge in [0.2, 0.25) is 11.8 Å². The Morgan fingerprint density at radius 3 is 2.79 bits per heavy atom. The van der Waals surface area contributed by atoms with Crippen LogP contribution in [0.25, 0.3) is 0 Å². The fourth-order valence-corrected chi connectivity index (χ4v) is 3.13. The second kappa shape index (κ2) is 5.49. The minimum atomic E-state index is -0.547. The van der Waals surface area contributed by atoms with Crippen molar-refractivity contribution in [3.05, 3.63) is 0 Å². The Balaban J connectivity index is 1.96. The van der Waals surface area contributed by atoms with E-state index in [4.69, 9.17) is 5.73 Å². The van der Waals surface area contributed by atoms with E-state index < -0.39 is 5.41 Å². The first kappa shape index (κ1) is 14.3. The zero-order valence-electron chi connectivity index (χ0n) is 11.9. The molecule has 0 saturated carbocycles. The van der Waals surface area contributed by atoms with Crippen LogP contribution in [-0.4, -0.2) is 42.4 Å². The lowest BCUT2D eigenvalue weighted by molar-refractivity contribution is -0.134. The SMILES string of the molecule is CCC1CCNC(C(=O)N2CCC(C)(C(N)=O)C2)C1. The van der Waals surface area contributed by atoms with Gasteiger partial charge in [0, 0.05) is 13.1 Å². The van der Waals surface area contributed by atoms with Crippen LogP contribution in [0.5, 0.6) is 0 Å². The highest BCUT2D eigenvalue weighted by Crippen LogP contribution is 2.30. The fraction of sp³-hybridized carbons (Fsp3) is 0.857. The van der Waals surface area contributed by atoms with Crippen LogP contribution in [0.15, 0.2) is 0 Å². The molecule has 0 aromatic carbocycles. The van der Waals surface area contributed by atoms with Gasteiger partial charge < -0.3 is 16.0 Å². The van der Waals surface area contributed by atoms with Crippen LogP contribution in [0.3, 0.4) is 0 Å². The summed E-state index contributed by atoms with van der Waals surface area (Å²) >= 11 is 0. The number of primary amides is 1. The number of nitrogens with one attached hydrogen (secondary N) is 1. The van der Waals surface area contributed by atoms with Gasteiger partial charge >= 0.3 is 0 Å². The van der Waals surface area contributed by atoms with E-state index in [0.29, 0.717) is 25.4 Å². The average molecular weight is 267 g/mol. The van der Waals surface area contributed by atoms with E-state index in [1.54, 1.807) is 4.90 Å². The van der Waals surface area contributed by atoms with Crippen LogP contribution in [-0.2, 0) is 9.59 Å². The molecule has 0 spiro atoms. The van der Waals surface area contributed by atoms with Gasteiger partial charge in [-0.25, -0.2) is 0 Å². The Bertz CT molecular complexity index is 372. The van der Waals surface area contributed by atoms with E-state index in [2.05, 4.69) is 12.2 Å². The van der Waals surface area contributed by atoms with Gasteiger partial charge in [0.25, 0.3) is 0 Å². The first-order valence-corrected chi connectivity index (χ1v) is 7.28. The first-order valence-electron chi connectivity index (χ1n) is 7.28. The molecule has 2 heterocycles. The lowest BCUT2D eigenvalue weighted by Gasteiger charge is -2.32. The van der Waals surface area contributed by atoms with Crippen molar-refractivity contribution in [3.63, 3.8) is 0 Å². The molecule has 2 amide bonds. The van der Waals surface area contributed by atoms with Gasteiger partial charge in [0.15, 0.2) is 0 Å². The van der Waals surface area contributed by atoms with E-state index in [0.717, 1.165) is 25.8 Å². The zero-order valence-corrected chi connectivity index (χ0v) is 11.9. The number of nitrogens with two attached hydrogens (primary N) is 1. The molecule has 2 fully saturated rings. The summed E-state index contributed by atoms with van der Waals surface area (Å²) in [5.41, 5.74) is 4.88. The molecule has 0 bridgehead atoms. The Morgan fingerprint density at radius 2 is 2.21 bits per heavy atom. The van der Waals surface area contributed by atoms with Crippen molar-refractivity contribution in [2.45, 2.75) is 45.6 Å². The summed E-state index contributed by atoms with van der Waals surface area (Å²) in [7, 11) is 0. The predicted octanol–water partition coefficient (Wildman–Crippen LogP) is 0.489. The molecule has 0 aliphatic carbocycles. The lowest BCUT2D eigenvalue weighted by Crippen LogP contribution is -2.50. The Morgan fingerprint density at radius 1 is 1.47 bits per heavy atom. The van der Waals surface area contributed by atoms with Crippen LogP contribution >= 0.6 is 0 Å². The minimum Gasteiger partial charge on any atom is -0.369 e. The smallest absolute Gasteiger partial charge is 0.239 e. The maximum Gasteiger partial charge on any atom is 0.239 e. The molecule has 5 nitrogen and oxygen atoms in total. The van der Waals surface area contributed by atoms with Crippen molar-refractivity contribution in [1.29, 1.82) is 0 Å². The molecule has 0 aromatic heterocycles. The van der Waals surface area contributed by atoms with Gasteiger partial charge in [-0.2, -0.15) is 0 Å². The van der Waals surface area contributed by atoms with Crippen molar-refractivity contribution in [1.82, 2.24) is 10.2 Å². The highest BCUT2D eigenvalue weighted by molar-refractivity contribution is 5.86. The summed E-state index contributed by atoms with van der Waals surface area (Å²) in [5.74, 6) is 0.481. The number of carbonyl (C=O) groups is 2. The number of hydrogen-bond donors (Lipinski definition) is 2. The normalized spacial score (nSPS) is 35.4. The third-order valence-electron chi connectivity index (χ3n) is 4.77. The zero-order chi connectivity index (χ0) is 14.0. The highest BCUT2D eigenvalue weighted by Gasteiger charge is 2.42. The summed E-state index contributed by atoms with van der Waals surface area (Å²) in [4.78, 5) is 25.7. The van der Waals surface area contributed by atoms with E-state index in [1.165, 1.54) is 0 Å². The number of hydrogen-bond acceptors (Lipinski definition) is 3. The molecule has 2 aliphatic rings. The van der Waals surface area contributed by atoms with Crippen molar-refractivity contribution in [3.8, 4) is 0 Å². The van der Waals surface area contributed by atoms with Gasteiger partial charge in [0.1, 0.15) is 0 Å². The topological polar surface area (TPSA) is 75.4 Å². The second-order valence-electron chi connectivity index (χ2n) is 6.24.